The van der Waals surface area contributed by atoms with Crippen molar-refractivity contribution in [2.75, 3.05) is 0 Å². The number of nitrogens with zero attached hydrogens (tertiary/aromatic N) is 3. The number of benzene rings is 1. The largest absolute Gasteiger partial charge is 0.292 e. The van der Waals surface area contributed by atoms with Crippen molar-refractivity contribution in [3.8, 4) is 5.82 Å². The molecule has 4 aromatic rings. The lowest BCUT2D eigenvalue weighted by atomic mass is 9.76. The Hall–Kier alpha value is -2.68. The average molecular weight is 372 g/mol. The third-order valence-corrected chi connectivity index (χ3v) is 6.50. The molecule has 0 aliphatic heterocycles. The van der Waals surface area contributed by atoms with Crippen LogP contribution < -0.4 is 0 Å². The minimum absolute atomic E-state index is 0.399. The van der Waals surface area contributed by atoms with Crippen molar-refractivity contribution < 1.29 is 0 Å². The van der Waals surface area contributed by atoms with Gasteiger partial charge in [-0.15, -0.1) is 0 Å². The normalized spacial score (nSPS) is 13.3. The first kappa shape index (κ1) is 18.7. The highest BCUT2D eigenvalue weighted by Gasteiger charge is 2.23. The van der Waals surface area contributed by atoms with E-state index >= 15 is 0 Å². The molecule has 1 unspecified atom stereocenters. The lowest BCUT2D eigenvalue weighted by Gasteiger charge is -2.30. The van der Waals surface area contributed by atoms with E-state index in [0.717, 1.165) is 22.4 Å². The van der Waals surface area contributed by atoms with Gasteiger partial charge in [0.1, 0.15) is 5.82 Å². The summed E-state index contributed by atoms with van der Waals surface area (Å²) in [6.07, 6.45) is 7.54. The Morgan fingerprint density at radius 2 is 1.68 bits per heavy atom. The highest BCUT2D eigenvalue weighted by atomic mass is 15.1. The third kappa shape index (κ3) is 3.19. The van der Waals surface area contributed by atoms with Gasteiger partial charge >= 0.3 is 0 Å². The molecule has 0 fully saturated rings. The van der Waals surface area contributed by atoms with Gasteiger partial charge in [-0.1, -0.05) is 64.8 Å². The van der Waals surface area contributed by atoms with Crippen molar-refractivity contribution in [1.82, 2.24) is 14.5 Å². The number of hydrogen-bond acceptors (Lipinski definition) is 2. The Morgan fingerprint density at radius 3 is 2.39 bits per heavy atom. The summed E-state index contributed by atoms with van der Waals surface area (Å²) in [6, 6.07) is 16.9. The fourth-order valence-electron chi connectivity index (χ4n) is 4.25. The van der Waals surface area contributed by atoms with Crippen molar-refractivity contribution in [2.24, 2.45) is 5.41 Å². The van der Waals surface area contributed by atoms with Crippen LogP contribution in [0, 0.1) is 5.41 Å². The van der Waals surface area contributed by atoms with E-state index in [-0.39, 0.29) is 0 Å². The second kappa shape index (κ2) is 7.38. The van der Waals surface area contributed by atoms with Gasteiger partial charge in [-0.05, 0) is 47.6 Å². The van der Waals surface area contributed by atoms with Gasteiger partial charge in [-0.25, -0.2) is 4.98 Å². The smallest absolute Gasteiger partial charge is 0.137 e. The van der Waals surface area contributed by atoms with Crippen LogP contribution in [0.4, 0.5) is 0 Å². The molecule has 0 aliphatic rings. The predicted molar refractivity (Wildman–Crippen MR) is 118 cm³/mol. The zero-order chi connectivity index (χ0) is 19.7. The molecule has 3 heteroatoms. The molecule has 3 heterocycles. The molecule has 0 aliphatic carbocycles. The van der Waals surface area contributed by atoms with Crippen LogP contribution in [0.25, 0.3) is 27.8 Å². The van der Waals surface area contributed by atoms with E-state index in [1.54, 1.807) is 0 Å². The fourth-order valence-corrected chi connectivity index (χ4v) is 4.25. The van der Waals surface area contributed by atoms with Crippen LogP contribution in [0.2, 0.25) is 0 Å². The third-order valence-electron chi connectivity index (χ3n) is 6.50. The standard InChI is InChI=1S/C25H29N3/c1-5-25(4,6-2)16-18(3)19-13-14-23(27-17-19)28-21-11-8-7-10-20(21)24-22(28)12-9-15-26-24/h7-15,17-18H,5-6,16H2,1-4H3. The first-order chi connectivity index (χ1) is 13.6. The molecule has 3 aromatic heterocycles. The monoisotopic (exact) mass is 371 g/mol. The maximum absolute atomic E-state index is 4.86. The van der Waals surface area contributed by atoms with Gasteiger partial charge < -0.3 is 0 Å². The summed E-state index contributed by atoms with van der Waals surface area (Å²) >= 11 is 0. The molecule has 1 aromatic carbocycles. The number of aromatic nitrogens is 3. The molecule has 4 rings (SSSR count). The summed E-state index contributed by atoms with van der Waals surface area (Å²) in [5.41, 5.74) is 4.99. The molecule has 1 atom stereocenters. The fraction of sp³-hybridized carbons (Fsp3) is 0.360. The Balaban J connectivity index is 1.73. The van der Waals surface area contributed by atoms with Gasteiger partial charge in [-0.2, -0.15) is 0 Å². The number of rotatable bonds is 6. The zero-order valence-corrected chi connectivity index (χ0v) is 17.3. The van der Waals surface area contributed by atoms with Gasteiger partial charge in [0.15, 0.2) is 0 Å². The van der Waals surface area contributed by atoms with E-state index in [4.69, 9.17) is 4.98 Å². The van der Waals surface area contributed by atoms with Crippen molar-refractivity contribution in [2.45, 2.75) is 52.9 Å². The van der Waals surface area contributed by atoms with E-state index in [9.17, 15) is 0 Å². The van der Waals surface area contributed by atoms with Crippen LogP contribution in [0.1, 0.15) is 58.4 Å². The summed E-state index contributed by atoms with van der Waals surface area (Å²) in [5.74, 6) is 1.45. The van der Waals surface area contributed by atoms with Crippen LogP contribution >= 0.6 is 0 Å². The summed E-state index contributed by atoms with van der Waals surface area (Å²) in [7, 11) is 0. The van der Waals surface area contributed by atoms with E-state index in [1.165, 1.54) is 30.2 Å². The SMILES string of the molecule is CCC(C)(CC)CC(C)c1ccc(-n2c3ccccc3c3ncccc32)nc1. The van der Waals surface area contributed by atoms with E-state index in [2.05, 4.69) is 85.9 Å². The minimum Gasteiger partial charge on any atom is -0.292 e. The number of fused-ring (bicyclic) bond motifs is 3. The highest BCUT2D eigenvalue weighted by molar-refractivity contribution is 6.06. The van der Waals surface area contributed by atoms with Gasteiger partial charge in [-0.3, -0.25) is 9.55 Å². The van der Waals surface area contributed by atoms with Crippen molar-refractivity contribution in [1.29, 1.82) is 0 Å². The molecular weight excluding hydrogens is 342 g/mol. The van der Waals surface area contributed by atoms with Gasteiger partial charge in [0.25, 0.3) is 0 Å². The Morgan fingerprint density at radius 1 is 0.929 bits per heavy atom. The molecule has 0 spiro atoms. The zero-order valence-electron chi connectivity index (χ0n) is 17.3. The lowest BCUT2D eigenvalue weighted by molar-refractivity contribution is 0.255. The molecule has 144 valence electrons. The maximum atomic E-state index is 4.86. The predicted octanol–water partition coefficient (Wildman–Crippen LogP) is 6.89. The van der Waals surface area contributed by atoms with Gasteiger partial charge in [0.2, 0.25) is 0 Å². The minimum atomic E-state index is 0.399. The van der Waals surface area contributed by atoms with Crippen molar-refractivity contribution in [3.63, 3.8) is 0 Å². The average Bonchev–Trinajstić information content (AvgIpc) is 3.08. The van der Waals surface area contributed by atoms with E-state index in [0.29, 0.717) is 11.3 Å². The maximum Gasteiger partial charge on any atom is 0.137 e. The summed E-state index contributed by atoms with van der Waals surface area (Å²) < 4.78 is 2.22. The molecular formula is C25H29N3. The van der Waals surface area contributed by atoms with Gasteiger partial charge in [0.05, 0.1) is 16.6 Å². The van der Waals surface area contributed by atoms with Gasteiger partial charge in [0, 0.05) is 17.8 Å². The summed E-state index contributed by atoms with van der Waals surface area (Å²) in [6.45, 7) is 9.32. The van der Waals surface area contributed by atoms with Crippen molar-refractivity contribution in [3.05, 3.63) is 66.5 Å². The number of pyridine rings is 2. The van der Waals surface area contributed by atoms with E-state index < -0.39 is 0 Å². The Bertz CT molecular complexity index is 1030. The summed E-state index contributed by atoms with van der Waals surface area (Å²) in [4.78, 5) is 9.47. The van der Waals surface area contributed by atoms with Crippen LogP contribution in [0.5, 0.6) is 0 Å². The lowest BCUT2D eigenvalue weighted by Crippen LogP contribution is -2.17. The molecule has 0 saturated heterocycles. The molecule has 0 saturated carbocycles. The topological polar surface area (TPSA) is 30.7 Å². The number of hydrogen-bond donors (Lipinski definition) is 0. The molecule has 0 radical (unpaired) electrons. The van der Waals surface area contributed by atoms with E-state index in [1.807, 2.05) is 12.3 Å². The summed E-state index contributed by atoms with van der Waals surface area (Å²) in [5, 5.41) is 1.17. The van der Waals surface area contributed by atoms with Crippen LogP contribution in [0.15, 0.2) is 60.9 Å². The molecule has 0 N–H and O–H groups in total. The molecule has 28 heavy (non-hydrogen) atoms. The first-order valence-electron chi connectivity index (χ1n) is 10.4. The molecule has 0 amide bonds. The quantitative estimate of drug-likeness (QED) is 0.369. The Kier molecular flexibility index (Phi) is 4.92. The van der Waals surface area contributed by atoms with Crippen LogP contribution in [0.3, 0.4) is 0 Å². The Labute approximate surface area is 167 Å². The molecule has 0 bridgehead atoms. The first-order valence-corrected chi connectivity index (χ1v) is 10.4. The number of para-hydroxylation sites is 1. The highest BCUT2D eigenvalue weighted by Crippen LogP contribution is 2.37. The molecule has 3 nitrogen and oxygen atoms in total. The second-order valence-corrected chi connectivity index (χ2v) is 8.30. The van der Waals surface area contributed by atoms with Crippen molar-refractivity contribution >= 4 is 21.9 Å². The van der Waals surface area contributed by atoms with Crippen LogP contribution in [-0.2, 0) is 0 Å². The second-order valence-electron chi connectivity index (χ2n) is 8.30. The van der Waals surface area contributed by atoms with Crippen LogP contribution in [-0.4, -0.2) is 14.5 Å².